The lowest BCUT2D eigenvalue weighted by Gasteiger charge is -1.99. The van der Waals surface area contributed by atoms with E-state index in [1.54, 1.807) is 6.20 Å². The van der Waals surface area contributed by atoms with E-state index in [4.69, 9.17) is 10.8 Å². The van der Waals surface area contributed by atoms with Crippen molar-refractivity contribution in [3.8, 4) is 11.4 Å². The highest BCUT2D eigenvalue weighted by Gasteiger charge is 2.17. The summed E-state index contributed by atoms with van der Waals surface area (Å²) >= 11 is 1.07. The summed E-state index contributed by atoms with van der Waals surface area (Å²) in [6.45, 7) is 0. The highest BCUT2D eigenvalue weighted by atomic mass is 32.1. The number of nitrogens with two attached hydrogens (primary N) is 1. The van der Waals surface area contributed by atoms with E-state index in [0.29, 0.717) is 16.0 Å². The Labute approximate surface area is 112 Å². The minimum Gasteiger partial charge on any atom is -0.477 e. The second-order valence-corrected chi connectivity index (χ2v) is 4.93. The zero-order chi connectivity index (χ0) is 13.4. The molecule has 5 nitrogen and oxygen atoms in total. The van der Waals surface area contributed by atoms with Crippen molar-refractivity contribution in [2.24, 2.45) is 0 Å². The average molecular weight is 271 g/mol. The van der Waals surface area contributed by atoms with Gasteiger partial charge in [0.05, 0.1) is 11.1 Å². The third kappa shape index (κ3) is 1.92. The normalized spacial score (nSPS) is 10.7. The molecule has 0 spiro atoms. The Kier molecular flexibility index (Phi) is 2.64. The lowest BCUT2D eigenvalue weighted by Crippen LogP contribution is -1.97. The number of nitrogen functional groups attached to an aromatic ring is 1. The van der Waals surface area contributed by atoms with E-state index in [-0.39, 0.29) is 10.6 Å². The lowest BCUT2D eigenvalue weighted by molar-refractivity contribution is 0.0703. The molecule has 0 radical (unpaired) electrons. The molecule has 0 saturated carbocycles. The minimum absolute atomic E-state index is 0.106. The molecule has 2 heterocycles. The topological polar surface area (TPSA) is 89.1 Å². The van der Waals surface area contributed by atoms with Crippen molar-refractivity contribution in [2.45, 2.75) is 0 Å². The molecule has 0 amide bonds. The van der Waals surface area contributed by atoms with Crippen LogP contribution in [0.4, 0.5) is 5.69 Å². The molecule has 0 aliphatic heterocycles. The number of fused-ring (bicyclic) bond motifs is 1. The molecule has 0 aliphatic rings. The van der Waals surface area contributed by atoms with Crippen LogP contribution in [0, 0.1) is 0 Å². The Morgan fingerprint density at radius 1 is 1.26 bits per heavy atom. The van der Waals surface area contributed by atoms with Gasteiger partial charge < -0.3 is 10.8 Å². The highest BCUT2D eigenvalue weighted by molar-refractivity contribution is 7.21. The number of carboxylic acid groups (broad SMARTS) is 1. The van der Waals surface area contributed by atoms with E-state index in [9.17, 15) is 4.79 Å². The molecule has 19 heavy (non-hydrogen) atoms. The van der Waals surface area contributed by atoms with Crippen molar-refractivity contribution in [2.75, 3.05) is 5.73 Å². The smallest absolute Gasteiger partial charge is 0.348 e. The summed E-state index contributed by atoms with van der Waals surface area (Å²) < 4.78 is 0. The lowest BCUT2D eigenvalue weighted by atomic mass is 10.2. The van der Waals surface area contributed by atoms with Crippen LogP contribution in [0.15, 0.2) is 36.5 Å². The number of hydrogen-bond donors (Lipinski definition) is 2. The van der Waals surface area contributed by atoms with Crippen LogP contribution >= 0.6 is 11.3 Å². The summed E-state index contributed by atoms with van der Waals surface area (Å²) in [6.07, 6.45) is 1.57. The number of aromatic carboxylic acids is 1. The summed E-state index contributed by atoms with van der Waals surface area (Å²) in [4.78, 5) is 20.3. The van der Waals surface area contributed by atoms with Gasteiger partial charge in [0.25, 0.3) is 0 Å². The summed E-state index contributed by atoms with van der Waals surface area (Å²) in [5.74, 6) is -0.479. The van der Waals surface area contributed by atoms with Crippen molar-refractivity contribution in [1.82, 2.24) is 9.97 Å². The van der Waals surface area contributed by atoms with Crippen molar-refractivity contribution in [3.05, 3.63) is 41.4 Å². The average Bonchev–Trinajstić information content (AvgIpc) is 2.77. The Balaban J connectivity index is 2.19. The van der Waals surface area contributed by atoms with Gasteiger partial charge in [-0.15, -0.1) is 11.3 Å². The predicted octanol–water partition coefficient (Wildman–Crippen LogP) is 2.64. The number of aromatic nitrogens is 2. The summed E-state index contributed by atoms with van der Waals surface area (Å²) in [5, 5.41) is 9.62. The van der Waals surface area contributed by atoms with E-state index >= 15 is 0 Å². The zero-order valence-corrected chi connectivity index (χ0v) is 10.5. The van der Waals surface area contributed by atoms with E-state index in [2.05, 4.69) is 9.97 Å². The van der Waals surface area contributed by atoms with Gasteiger partial charge in [0.15, 0.2) is 5.82 Å². The van der Waals surface area contributed by atoms with Crippen LogP contribution in [0.3, 0.4) is 0 Å². The molecular formula is C13H9N3O2S. The van der Waals surface area contributed by atoms with Gasteiger partial charge in [0, 0.05) is 11.8 Å². The monoisotopic (exact) mass is 271 g/mol. The molecule has 6 heteroatoms. The first-order chi connectivity index (χ1) is 9.16. The summed E-state index contributed by atoms with van der Waals surface area (Å²) in [5.41, 5.74) is 6.89. The zero-order valence-electron chi connectivity index (χ0n) is 9.70. The van der Waals surface area contributed by atoms with E-state index in [1.807, 2.05) is 30.3 Å². The molecule has 0 unspecified atom stereocenters. The van der Waals surface area contributed by atoms with Crippen molar-refractivity contribution in [3.63, 3.8) is 0 Å². The van der Waals surface area contributed by atoms with Crippen LogP contribution < -0.4 is 5.73 Å². The van der Waals surface area contributed by atoms with Crippen LogP contribution in [0.2, 0.25) is 0 Å². The first-order valence-electron chi connectivity index (χ1n) is 5.50. The molecule has 0 fully saturated rings. The highest BCUT2D eigenvalue weighted by Crippen LogP contribution is 2.32. The van der Waals surface area contributed by atoms with Gasteiger partial charge in [-0.25, -0.2) is 14.8 Å². The third-order valence-corrected chi connectivity index (χ3v) is 3.82. The molecule has 0 bridgehead atoms. The number of carboxylic acids is 1. The maximum atomic E-state index is 11.0. The first-order valence-corrected chi connectivity index (χ1v) is 6.32. The molecule has 94 valence electrons. The number of anilines is 1. The van der Waals surface area contributed by atoms with Gasteiger partial charge >= 0.3 is 5.97 Å². The predicted molar refractivity (Wildman–Crippen MR) is 74.2 cm³/mol. The van der Waals surface area contributed by atoms with Gasteiger partial charge in [-0.3, -0.25) is 0 Å². The quantitative estimate of drug-likeness (QED) is 0.748. The van der Waals surface area contributed by atoms with Crippen molar-refractivity contribution < 1.29 is 9.90 Å². The van der Waals surface area contributed by atoms with Crippen LogP contribution in [-0.2, 0) is 0 Å². The largest absolute Gasteiger partial charge is 0.477 e. The standard InChI is InChI=1S/C13H9N3O2S/c14-9-8-6-15-11(7-4-2-1-3-5-7)16-12(8)19-10(9)13(17)18/h1-6H,14H2,(H,17,18). The molecule has 0 saturated heterocycles. The number of rotatable bonds is 2. The summed E-state index contributed by atoms with van der Waals surface area (Å²) in [6, 6.07) is 9.50. The molecule has 0 aliphatic carbocycles. The van der Waals surface area contributed by atoms with E-state index in [1.165, 1.54) is 0 Å². The first kappa shape index (κ1) is 11.6. The van der Waals surface area contributed by atoms with E-state index in [0.717, 1.165) is 16.9 Å². The van der Waals surface area contributed by atoms with E-state index < -0.39 is 5.97 Å². The van der Waals surface area contributed by atoms with Crippen LogP contribution in [0.25, 0.3) is 21.6 Å². The number of benzene rings is 1. The Morgan fingerprint density at radius 2 is 2.00 bits per heavy atom. The molecule has 3 rings (SSSR count). The maximum Gasteiger partial charge on any atom is 0.348 e. The van der Waals surface area contributed by atoms with Crippen molar-refractivity contribution >= 4 is 33.2 Å². The maximum absolute atomic E-state index is 11.0. The number of carbonyl (C=O) groups is 1. The third-order valence-electron chi connectivity index (χ3n) is 2.71. The van der Waals surface area contributed by atoms with Crippen molar-refractivity contribution in [1.29, 1.82) is 0 Å². The number of thiophene rings is 1. The van der Waals surface area contributed by atoms with Gasteiger partial charge in [0.1, 0.15) is 9.71 Å². The fourth-order valence-electron chi connectivity index (χ4n) is 1.79. The van der Waals surface area contributed by atoms with Gasteiger partial charge in [-0.2, -0.15) is 0 Å². The van der Waals surface area contributed by atoms with Gasteiger partial charge in [0.2, 0.25) is 0 Å². The Hall–Kier alpha value is -2.47. The Bertz CT molecular complexity index is 768. The molecule has 1 aromatic carbocycles. The fraction of sp³-hybridized carbons (Fsp3) is 0. The second-order valence-electron chi connectivity index (χ2n) is 3.93. The molecule has 0 atom stereocenters. The molecule has 2 aromatic heterocycles. The Morgan fingerprint density at radius 3 is 2.68 bits per heavy atom. The second kappa shape index (κ2) is 4.33. The van der Waals surface area contributed by atoms with Gasteiger partial charge in [-0.1, -0.05) is 30.3 Å². The fourth-order valence-corrected chi connectivity index (χ4v) is 2.69. The molecule has 3 aromatic rings. The molecule has 3 N–H and O–H groups in total. The minimum atomic E-state index is -1.04. The molecular weight excluding hydrogens is 262 g/mol. The van der Waals surface area contributed by atoms with Gasteiger partial charge in [-0.05, 0) is 0 Å². The van der Waals surface area contributed by atoms with Crippen LogP contribution in [0.5, 0.6) is 0 Å². The number of hydrogen-bond acceptors (Lipinski definition) is 5. The number of nitrogens with zero attached hydrogens (tertiary/aromatic N) is 2. The van der Waals surface area contributed by atoms with Crippen LogP contribution in [0.1, 0.15) is 9.67 Å². The summed E-state index contributed by atoms with van der Waals surface area (Å²) in [7, 11) is 0. The SMILES string of the molecule is Nc1c(C(=O)O)sc2nc(-c3ccccc3)ncc12. The van der Waals surface area contributed by atoms with Crippen LogP contribution in [-0.4, -0.2) is 21.0 Å².